The molecule has 0 amide bonds. The summed E-state index contributed by atoms with van der Waals surface area (Å²) < 4.78 is 4.85. The minimum absolute atomic E-state index is 0. The summed E-state index contributed by atoms with van der Waals surface area (Å²) in [4.78, 5) is 11.0. The number of hydrogen-bond donors (Lipinski definition) is 0. The van der Waals surface area contributed by atoms with Gasteiger partial charge in [-0.05, 0) is 20.8 Å². The van der Waals surface area contributed by atoms with Crippen LogP contribution >= 0.6 is 0 Å². The molecule has 0 saturated heterocycles. The van der Waals surface area contributed by atoms with Crippen molar-refractivity contribution in [2.45, 2.75) is 46.8 Å². The molecule has 0 unspecified atom stereocenters. The van der Waals surface area contributed by atoms with Crippen LogP contribution in [-0.4, -0.2) is 20.7 Å². The van der Waals surface area contributed by atoms with Crippen molar-refractivity contribution in [3.05, 3.63) is 13.5 Å². The number of carbonyl (C=O) groups excluding carboxylic acids is 1. The summed E-state index contributed by atoms with van der Waals surface area (Å²) in [6, 6.07) is 0. The predicted molar refractivity (Wildman–Crippen MR) is 69.1 cm³/mol. The van der Waals surface area contributed by atoms with Gasteiger partial charge in [0.05, 0.1) is 12.0 Å². The van der Waals surface area contributed by atoms with Gasteiger partial charge in [0.2, 0.25) is 0 Å². The van der Waals surface area contributed by atoms with Crippen molar-refractivity contribution in [3.8, 4) is 0 Å². The molecule has 0 atom stereocenters. The second kappa shape index (κ2) is 9.35. The average molecular weight is 296 g/mol. The molecule has 0 saturated carbocycles. The van der Waals surface area contributed by atoms with Crippen molar-refractivity contribution < 1.29 is 29.0 Å². The first kappa shape index (κ1) is 21.6. The SMILES string of the molecule is [CH2-]CCOC(=O)C(C)(C)C.[CH2-][Si](C)(C)C.[Zn+2]. The van der Waals surface area contributed by atoms with Gasteiger partial charge in [0.15, 0.2) is 0 Å². The van der Waals surface area contributed by atoms with E-state index >= 15 is 0 Å². The summed E-state index contributed by atoms with van der Waals surface area (Å²) >= 11 is 0. The van der Waals surface area contributed by atoms with E-state index in [1.165, 1.54) is 0 Å². The first-order chi connectivity index (χ1) is 6.48. The molecule has 0 aromatic carbocycles. The molecule has 0 heterocycles. The van der Waals surface area contributed by atoms with E-state index in [1.807, 2.05) is 20.8 Å². The van der Waals surface area contributed by atoms with Gasteiger partial charge in [-0.25, -0.2) is 0 Å². The molecule has 0 bridgehead atoms. The van der Waals surface area contributed by atoms with E-state index in [9.17, 15) is 4.79 Å². The molecule has 92 valence electrons. The number of rotatable bonds is 2. The van der Waals surface area contributed by atoms with Crippen LogP contribution < -0.4 is 0 Å². The summed E-state index contributed by atoms with van der Waals surface area (Å²) in [5.41, 5.74) is -0.380. The molecule has 16 heavy (non-hydrogen) atoms. The summed E-state index contributed by atoms with van der Waals surface area (Å²) in [6.07, 6.45) is 0.641. The molecule has 0 aromatic heterocycles. The van der Waals surface area contributed by atoms with Gasteiger partial charge in [-0.2, -0.15) is 0 Å². The Balaban J connectivity index is -0.000000242. The van der Waals surface area contributed by atoms with E-state index < -0.39 is 8.07 Å². The minimum Gasteiger partial charge on any atom is -0.468 e. The van der Waals surface area contributed by atoms with E-state index in [2.05, 4.69) is 33.1 Å². The Kier molecular flexibility index (Phi) is 12.6. The Morgan fingerprint density at radius 1 is 1.25 bits per heavy atom. The largest absolute Gasteiger partial charge is 2.00 e. The molecule has 0 aliphatic heterocycles. The van der Waals surface area contributed by atoms with Gasteiger partial charge in [-0.15, -0.1) is 14.5 Å². The topological polar surface area (TPSA) is 26.3 Å². The van der Waals surface area contributed by atoms with E-state index in [4.69, 9.17) is 4.74 Å². The quantitative estimate of drug-likeness (QED) is 0.443. The molecule has 0 N–H and O–H groups in total. The molecular weight excluding hydrogens is 270 g/mol. The zero-order chi connectivity index (χ0) is 12.7. The number of esters is 1. The molecule has 0 aromatic rings. The maximum atomic E-state index is 11.0. The van der Waals surface area contributed by atoms with Crippen LogP contribution in [0.25, 0.3) is 0 Å². The van der Waals surface area contributed by atoms with Crippen molar-refractivity contribution >= 4 is 14.0 Å². The van der Waals surface area contributed by atoms with Gasteiger partial charge < -0.3 is 18.2 Å². The van der Waals surface area contributed by atoms with Crippen LogP contribution in [0.15, 0.2) is 0 Å². The molecule has 4 heteroatoms. The van der Waals surface area contributed by atoms with Crippen LogP contribution in [0.1, 0.15) is 27.2 Å². The minimum atomic E-state index is -0.861. The molecule has 2 nitrogen and oxygen atoms in total. The first-order valence-electron chi connectivity index (χ1n) is 5.30. The van der Waals surface area contributed by atoms with Crippen molar-refractivity contribution in [3.63, 3.8) is 0 Å². The number of ether oxygens (including phenoxy) is 1. The van der Waals surface area contributed by atoms with E-state index in [-0.39, 0.29) is 30.9 Å². The zero-order valence-electron chi connectivity index (χ0n) is 11.9. The van der Waals surface area contributed by atoms with Crippen LogP contribution in [0.2, 0.25) is 19.6 Å². The Labute approximate surface area is 115 Å². The van der Waals surface area contributed by atoms with Gasteiger partial charge in [0.25, 0.3) is 0 Å². The van der Waals surface area contributed by atoms with Gasteiger partial charge in [-0.3, -0.25) is 4.79 Å². The maximum absolute atomic E-state index is 11.0. The Bertz CT molecular complexity index is 174. The normalized spacial score (nSPS) is 10.8. The van der Waals surface area contributed by atoms with Gasteiger partial charge in [0.1, 0.15) is 0 Å². The fourth-order valence-corrected chi connectivity index (χ4v) is 0.381. The molecule has 0 fully saturated rings. The Morgan fingerprint density at radius 3 is 1.75 bits per heavy atom. The third-order valence-corrected chi connectivity index (χ3v) is 0.990. The van der Waals surface area contributed by atoms with Gasteiger partial charge >= 0.3 is 25.4 Å². The Hall–Kier alpha value is 0.310. The average Bonchev–Trinajstić information content (AvgIpc) is 1.94. The molecule has 0 spiro atoms. The number of hydrogen-bond acceptors (Lipinski definition) is 2. The van der Waals surface area contributed by atoms with Crippen molar-refractivity contribution in [2.24, 2.45) is 5.41 Å². The summed E-state index contributed by atoms with van der Waals surface area (Å²) in [5.74, 6) is -0.156. The number of carbonyl (C=O) groups is 1. The van der Waals surface area contributed by atoms with Crippen molar-refractivity contribution in [1.29, 1.82) is 0 Å². The van der Waals surface area contributed by atoms with Crippen molar-refractivity contribution in [2.75, 3.05) is 6.61 Å². The summed E-state index contributed by atoms with van der Waals surface area (Å²) in [6.45, 7) is 20.0. The standard InChI is InChI=1S/C8H15O2.C4H11Si.Zn/c1-5-6-10-7(9)8(2,3)4;1-5(2,3)4;/h1,5-6H2,2-4H3;1H2,2-4H3;/q2*-1;+2. The second-order valence-corrected chi connectivity index (χ2v) is 10.9. The summed E-state index contributed by atoms with van der Waals surface area (Å²) in [7, 11) is -0.861. The van der Waals surface area contributed by atoms with Crippen molar-refractivity contribution in [1.82, 2.24) is 0 Å². The fraction of sp³-hybridized carbons (Fsp3) is 0.750. The predicted octanol–water partition coefficient (Wildman–Crippen LogP) is 3.50. The van der Waals surface area contributed by atoms with Gasteiger partial charge in [-0.1, -0.05) is 19.6 Å². The Morgan fingerprint density at radius 2 is 1.56 bits per heavy atom. The molecule has 0 aliphatic carbocycles. The van der Waals surface area contributed by atoms with E-state index in [1.54, 1.807) is 0 Å². The third-order valence-electron chi connectivity index (χ3n) is 0.990. The zero-order valence-corrected chi connectivity index (χ0v) is 15.8. The fourth-order valence-electron chi connectivity index (χ4n) is 0.381. The first-order valence-corrected chi connectivity index (χ1v) is 9.01. The molecular formula is C12H26O2SiZn. The smallest absolute Gasteiger partial charge is 0.468 e. The molecule has 0 radical (unpaired) electrons. The monoisotopic (exact) mass is 294 g/mol. The molecule has 0 aliphatic rings. The van der Waals surface area contributed by atoms with Gasteiger partial charge in [0, 0.05) is 0 Å². The van der Waals surface area contributed by atoms with Crippen LogP contribution in [-0.2, 0) is 29.0 Å². The second-order valence-electron chi connectivity index (χ2n) is 5.80. The van der Waals surface area contributed by atoms with Crippen LogP contribution in [0.5, 0.6) is 0 Å². The van der Waals surface area contributed by atoms with E-state index in [0.717, 1.165) is 0 Å². The maximum Gasteiger partial charge on any atom is 2.00 e. The van der Waals surface area contributed by atoms with Crippen LogP contribution in [0.3, 0.4) is 0 Å². The summed E-state index contributed by atoms with van der Waals surface area (Å²) in [5, 5.41) is 0. The van der Waals surface area contributed by atoms with E-state index in [0.29, 0.717) is 13.0 Å². The van der Waals surface area contributed by atoms with Crippen LogP contribution in [0.4, 0.5) is 0 Å². The molecule has 0 rings (SSSR count). The van der Waals surface area contributed by atoms with Crippen LogP contribution in [0, 0.1) is 18.9 Å². The third kappa shape index (κ3) is 23.8.